The van der Waals surface area contributed by atoms with E-state index >= 15 is 0 Å². The molecular weight excluding hydrogens is 873 g/mol. The van der Waals surface area contributed by atoms with Gasteiger partial charge in [0.2, 0.25) is 0 Å². The van der Waals surface area contributed by atoms with Crippen molar-refractivity contribution in [3.8, 4) is 11.1 Å². The van der Waals surface area contributed by atoms with E-state index in [0.717, 1.165) is 88.8 Å². The highest BCUT2D eigenvalue weighted by Crippen LogP contribution is 2.63. The predicted molar refractivity (Wildman–Crippen MR) is 289 cm³/mol. The second-order valence-corrected chi connectivity index (χ2v) is 19.4. The maximum absolute atomic E-state index is 6.77. The van der Waals surface area contributed by atoms with Crippen LogP contribution >= 0.6 is 11.8 Å². The number of fused-ring (bicyclic) bond motifs is 16. The lowest BCUT2D eigenvalue weighted by Crippen LogP contribution is -2.32. The average Bonchev–Trinajstić information content (AvgIpc) is 4.08. The molecular formula is C65H40N2O2S. The second kappa shape index (κ2) is 15.1. The molecule has 0 N–H and O–H groups in total. The lowest BCUT2D eigenvalue weighted by molar-refractivity contribution is 0.669. The van der Waals surface area contributed by atoms with Crippen LogP contribution in [-0.2, 0) is 5.41 Å². The van der Waals surface area contributed by atoms with E-state index in [-0.39, 0.29) is 0 Å². The summed E-state index contributed by atoms with van der Waals surface area (Å²) < 4.78 is 13.3. The van der Waals surface area contributed by atoms with Crippen LogP contribution in [0, 0.1) is 0 Å². The minimum atomic E-state index is -0.488. The van der Waals surface area contributed by atoms with Crippen LogP contribution in [-0.4, -0.2) is 0 Å². The van der Waals surface area contributed by atoms with Gasteiger partial charge in [-0.3, -0.25) is 0 Å². The molecule has 0 saturated heterocycles. The van der Waals surface area contributed by atoms with Gasteiger partial charge in [-0.1, -0.05) is 169 Å². The van der Waals surface area contributed by atoms with Crippen LogP contribution in [0.4, 0.5) is 34.1 Å². The van der Waals surface area contributed by atoms with Crippen LogP contribution in [0.2, 0.25) is 0 Å². The summed E-state index contributed by atoms with van der Waals surface area (Å²) in [5, 5.41) is 6.59. The van der Waals surface area contributed by atoms with E-state index in [9.17, 15) is 0 Å². The fourth-order valence-corrected chi connectivity index (χ4v) is 13.0. The van der Waals surface area contributed by atoms with Crippen molar-refractivity contribution in [3.63, 3.8) is 0 Å². The molecule has 1 spiro atoms. The highest BCUT2D eigenvalue weighted by atomic mass is 32.2. The number of furan rings is 2. The van der Waals surface area contributed by atoms with Gasteiger partial charge in [-0.15, -0.1) is 0 Å². The smallest absolute Gasteiger partial charge is 0.138 e. The summed E-state index contributed by atoms with van der Waals surface area (Å²) >= 11 is 1.87. The van der Waals surface area contributed by atoms with Gasteiger partial charge in [-0.2, -0.15) is 0 Å². The number of hydrogen-bond donors (Lipinski definition) is 0. The van der Waals surface area contributed by atoms with Crippen LogP contribution in [0.15, 0.2) is 261 Å². The Hall–Kier alpha value is -8.77. The van der Waals surface area contributed by atoms with Gasteiger partial charge in [-0.05, 0) is 118 Å². The number of benzene rings is 11. The molecule has 0 unspecified atom stereocenters. The second-order valence-electron chi connectivity index (χ2n) is 18.3. The lowest BCUT2D eigenvalue weighted by atomic mass is 9.67. The Morgan fingerprint density at radius 1 is 0.314 bits per heavy atom. The van der Waals surface area contributed by atoms with E-state index in [1.54, 1.807) is 0 Å². The molecule has 13 aromatic rings. The Morgan fingerprint density at radius 2 is 0.857 bits per heavy atom. The maximum atomic E-state index is 6.77. The number of para-hydroxylation sites is 3. The molecule has 0 bridgehead atoms. The summed E-state index contributed by atoms with van der Waals surface area (Å²) in [7, 11) is 0. The zero-order valence-electron chi connectivity index (χ0n) is 37.7. The van der Waals surface area contributed by atoms with Crippen LogP contribution in [0.1, 0.15) is 22.3 Å². The maximum Gasteiger partial charge on any atom is 0.138 e. The molecule has 0 fully saturated rings. The van der Waals surface area contributed by atoms with E-state index in [4.69, 9.17) is 8.83 Å². The summed E-state index contributed by atoms with van der Waals surface area (Å²) in [4.78, 5) is 7.30. The number of hydrogen-bond acceptors (Lipinski definition) is 5. The molecule has 0 saturated carbocycles. The first-order chi connectivity index (χ1) is 34.7. The topological polar surface area (TPSA) is 32.8 Å². The van der Waals surface area contributed by atoms with Crippen LogP contribution in [0.25, 0.3) is 65.8 Å². The average molecular weight is 913 g/mol. The predicted octanol–water partition coefficient (Wildman–Crippen LogP) is 18.4. The Kier molecular flexibility index (Phi) is 8.48. The molecule has 0 radical (unpaired) electrons. The minimum Gasteiger partial charge on any atom is -0.456 e. The molecule has 5 heteroatoms. The van der Waals surface area contributed by atoms with Crippen LogP contribution in [0.3, 0.4) is 0 Å². The zero-order chi connectivity index (χ0) is 45.9. The molecule has 1 aliphatic heterocycles. The Labute approximate surface area is 408 Å². The van der Waals surface area contributed by atoms with Gasteiger partial charge in [0.05, 0.1) is 16.5 Å². The molecule has 2 aliphatic rings. The highest BCUT2D eigenvalue weighted by Gasteiger charge is 2.50. The molecule has 2 aromatic heterocycles. The first kappa shape index (κ1) is 39.2. The lowest BCUT2D eigenvalue weighted by Gasteiger charge is -2.40. The van der Waals surface area contributed by atoms with Crippen molar-refractivity contribution < 1.29 is 8.83 Å². The van der Waals surface area contributed by atoms with Crippen molar-refractivity contribution in [1.29, 1.82) is 0 Å². The Balaban J connectivity index is 0.998. The van der Waals surface area contributed by atoms with Crippen molar-refractivity contribution in [2.75, 3.05) is 9.80 Å². The summed E-state index contributed by atoms with van der Waals surface area (Å²) in [5.74, 6) is 0. The zero-order valence-corrected chi connectivity index (χ0v) is 38.5. The molecule has 1 aliphatic carbocycles. The van der Waals surface area contributed by atoms with Gasteiger partial charge in [0.25, 0.3) is 0 Å². The van der Waals surface area contributed by atoms with E-state index in [1.807, 2.05) is 23.9 Å². The number of anilines is 6. The van der Waals surface area contributed by atoms with E-state index < -0.39 is 5.41 Å². The summed E-state index contributed by atoms with van der Waals surface area (Å²) in [6, 6.07) is 88.1. The molecule has 4 nitrogen and oxygen atoms in total. The van der Waals surface area contributed by atoms with Crippen molar-refractivity contribution >= 4 is 101 Å². The Morgan fingerprint density at radius 3 is 1.66 bits per heavy atom. The summed E-state index contributed by atoms with van der Waals surface area (Å²) in [6.45, 7) is 0. The van der Waals surface area contributed by atoms with Crippen LogP contribution < -0.4 is 9.80 Å². The first-order valence-corrected chi connectivity index (χ1v) is 24.6. The Bertz CT molecular complexity index is 4220. The quantitative estimate of drug-likeness (QED) is 0.166. The molecule has 328 valence electrons. The van der Waals surface area contributed by atoms with E-state index in [1.165, 1.54) is 43.2 Å². The van der Waals surface area contributed by atoms with Crippen molar-refractivity contribution in [2.45, 2.75) is 15.2 Å². The summed E-state index contributed by atoms with van der Waals surface area (Å²) in [5.41, 5.74) is 17.0. The molecule has 0 amide bonds. The summed E-state index contributed by atoms with van der Waals surface area (Å²) in [6.07, 6.45) is 0. The largest absolute Gasteiger partial charge is 0.456 e. The van der Waals surface area contributed by atoms with Crippen LogP contribution in [0.5, 0.6) is 0 Å². The molecule has 3 heterocycles. The third kappa shape index (κ3) is 5.61. The molecule has 0 atom stereocenters. The van der Waals surface area contributed by atoms with Gasteiger partial charge >= 0.3 is 0 Å². The van der Waals surface area contributed by atoms with Gasteiger partial charge < -0.3 is 18.6 Å². The fraction of sp³-hybridized carbons (Fsp3) is 0.0154. The van der Waals surface area contributed by atoms with E-state index in [0.29, 0.717) is 0 Å². The normalized spacial score (nSPS) is 13.2. The number of rotatable bonds is 6. The number of nitrogens with zero attached hydrogens (tertiary/aromatic N) is 2. The molecule has 11 aromatic carbocycles. The van der Waals surface area contributed by atoms with E-state index in [2.05, 4.69) is 240 Å². The third-order valence-electron chi connectivity index (χ3n) is 14.7. The third-order valence-corrected chi connectivity index (χ3v) is 15.8. The van der Waals surface area contributed by atoms with Crippen molar-refractivity contribution in [3.05, 3.63) is 265 Å². The SMILES string of the molecule is c1ccc(N(c2cccc(N(c3ccc4c(c3)Sc3ccccc3C43c4ccccc4-c4ccccc43)c3c4ccccc4cc4oc5ccccc5c34)c2)c2ccc3c(c2)oc2ccccc23)cc1. The van der Waals surface area contributed by atoms with Crippen molar-refractivity contribution in [1.82, 2.24) is 0 Å². The first-order valence-electron chi connectivity index (χ1n) is 23.8. The van der Waals surface area contributed by atoms with Gasteiger partial charge in [0, 0.05) is 65.8 Å². The minimum absolute atomic E-state index is 0.488. The molecule has 15 rings (SSSR count). The standard InChI is InChI=1S/C65H40N2O2S/c1-2-18-42(19-3-1)66(45-33-35-51-50-25-8-13-30-57(50)68-59(51)39-45)43-20-16-21-44(38-43)67(64-47-22-5-4-17-41(47)37-60-63(64)52-26-9-14-31-58(52)69-60)46-34-36-56-62(40-46)70-61-32-15-12-29-55(61)65(56)53-27-10-6-23-48(53)49-24-7-11-28-54(49)65/h1-40H. The monoisotopic (exact) mass is 912 g/mol. The van der Waals surface area contributed by atoms with Gasteiger partial charge in [0.15, 0.2) is 0 Å². The van der Waals surface area contributed by atoms with Gasteiger partial charge in [0.1, 0.15) is 22.3 Å². The van der Waals surface area contributed by atoms with Crippen molar-refractivity contribution in [2.24, 2.45) is 0 Å². The highest BCUT2D eigenvalue weighted by molar-refractivity contribution is 7.99. The van der Waals surface area contributed by atoms with Gasteiger partial charge in [-0.25, -0.2) is 0 Å². The fourth-order valence-electron chi connectivity index (χ4n) is 11.8. The molecule has 70 heavy (non-hydrogen) atoms.